The average molecular weight is 296 g/mol. The lowest BCUT2D eigenvalue weighted by Crippen LogP contribution is -2.05. The summed E-state index contributed by atoms with van der Waals surface area (Å²) in [4.78, 5) is 5.52. The standard InChI is InChI=1S/C14H18ClN3S/c1-2-6-17-11-8-12(10-16-9-11)18-7-5-13-3-4-14(15)19-13/h3-4,8-10,17-18H,2,5-7H2,1H3. The maximum absolute atomic E-state index is 5.91. The van der Waals surface area contributed by atoms with Crippen LogP contribution in [0.2, 0.25) is 4.34 Å². The smallest absolute Gasteiger partial charge is 0.0931 e. The normalized spacial score (nSPS) is 10.4. The molecule has 0 unspecified atom stereocenters. The van der Waals surface area contributed by atoms with Crippen LogP contribution < -0.4 is 10.6 Å². The lowest BCUT2D eigenvalue weighted by molar-refractivity contribution is 0.976. The highest BCUT2D eigenvalue weighted by Gasteiger charge is 1.99. The van der Waals surface area contributed by atoms with Gasteiger partial charge in [0.25, 0.3) is 0 Å². The molecule has 0 spiro atoms. The van der Waals surface area contributed by atoms with E-state index in [1.54, 1.807) is 11.3 Å². The summed E-state index contributed by atoms with van der Waals surface area (Å²) in [7, 11) is 0. The van der Waals surface area contributed by atoms with Crippen LogP contribution in [-0.4, -0.2) is 18.1 Å². The summed E-state index contributed by atoms with van der Waals surface area (Å²) in [5.41, 5.74) is 2.11. The van der Waals surface area contributed by atoms with E-state index in [2.05, 4.69) is 34.7 Å². The number of rotatable bonds is 7. The minimum absolute atomic E-state index is 0.849. The van der Waals surface area contributed by atoms with E-state index in [0.29, 0.717) is 0 Å². The van der Waals surface area contributed by atoms with Gasteiger partial charge in [-0.2, -0.15) is 0 Å². The molecule has 0 aliphatic carbocycles. The molecule has 19 heavy (non-hydrogen) atoms. The van der Waals surface area contributed by atoms with E-state index in [4.69, 9.17) is 11.6 Å². The fourth-order valence-corrected chi connectivity index (χ4v) is 2.81. The summed E-state index contributed by atoms with van der Waals surface area (Å²) in [6.07, 6.45) is 5.78. The molecule has 0 bridgehead atoms. The highest BCUT2D eigenvalue weighted by molar-refractivity contribution is 7.16. The summed E-state index contributed by atoms with van der Waals surface area (Å²) < 4.78 is 0.849. The number of halogens is 1. The van der Waals surface area contributed by atoms with Crippen molar-refractivity contribution in [3.05, 3.63) is 39.8 Å². The maximum Gasteiger partial charge on any atom is 0.0931 e. The zero-order valence-corrected chi connectivity index (χ0v) is 12.5. The van der Waals surface area contributed by atoms with Crippen molar-refractivity contribution in [2.75, 3.05) is 23.7 Å². The van der Waals surface area contributed by atoms with Crippen LogP contribution in [0.15, 0.2) is 30.6 Å². The summed E-state index contributed by atoms with van der Waals surface area (Å²) in [5.74, 6) is 0. The van der Waals surface area contributed by atoms with Gasteiger partial charge in [-0.1, -0.05) is 18.5 Å². The highest BCUT2D eigenvalue weighted by atomic mass is 35.5. The summed E-state index contributed by atoms with van der Waals surface area (Å²) in [5, 5.41) is 6.71. The molecule has 2 aromatic rings. The van der Waals surface area contributed by atoms with Crippen LogP contribution in [-0.2, 0) is 6.42 Å². The Morgan fingerprint density at radius 2 is 1.89 bits per heavy atom. The zero-order chi connectivity index (χ0) is 13.5. The van der Waals surface area contributed by atoms with Crippen LogP contribution in [0.25, 0.3) is 0 Å². The second kappa shape index (κ2) is 7.36. The molecule has 3 nitrogen and oxygen atoms in total. The van der Waals surface area contributed by atoms with Crippen LogP contribution in [0, 0.1) is 0 Å². The summed E-state index contributed by atoms with van der Waals surface area (Å²) in [6, 6.07) is 6.11. The summed E-state index contributed by atoms with van der Waals surface area (Å²) >= 11 is 7.54. The van der Waals surface area contributed by atoms with Gasteiger partial charge in [0, 0.05) is 18.0 Å². The van der Waals surface area contributed by atoms with Crippen LogP contribution in [0.3, 0.4) is 0 Å². The molecule has 0 atom stereocenters. The van der Waals surface area contributed by atoms with Gasteiger partial charge in [-0.25, -0.2) is 0 Å². The third-order valence-corrected chi connectivity index (χ3v) is 3.94. The molecule has 2 rings (SSSR count). The molecule has 0 amide bonds. The molecule has 0 aromatic carbocycles. The molecular formula is C14H18ClN3S. The molecule has 0 saturated carbocycles. The van der Waals surface area contributed by atoms with E-state index in [0.717, 1.165) is 41.6 Å². The van der Waals surface area contributed by atoms with Gasteiger partial charge < -0.3 is 10.6 Å². The Morgan fingerprint density at radius 3 is 2.53 bits per heavy atom. The maximum atomic E-state index is 5.91. The molecule has 2 aromatic heterocycles. The summed E-state index contributed by atoms with van der Waals surface area (Å²) in [6.45, 7) is 4.00. The number of pyridine rings is 1. The van der Waals surface area contributed by atoms with Gasteiger partial charge in [-0.3, -0.25) is 4.98 Å². The van der Waals surface area contributed by atoms with Gasteiger partial charge in [0.05, 0.1) is 28.1 Å². The van der Waals surface area contributed by atoms with E-state index in [9.17, 15) is 0 Å². The van der Waals surface area contributed by atoms with Crippen LogP contribution in [0.1, 0.15) is 18.2 Å². The Morgan fingerprint density at radius 1 is 1.16 bits per heavy atom. The molecule has 0 saturated heterocycles. The third-order valence-electron chi connectivity index (χ3n) is 2.65. The number of hydrogen-bond acceptors (Lipinski definition) is 4. The molecule has 0 radical (unpaired) electrons. The quantitative estimate of drug-likeness (QED) is 0.801. The monoisotopic (exact) mass is 295 g/mol. The zero-order valence-electron chi connectivity index (χ0n) is 10.9. The molecular weight excluding hydrogens is 278 g/mol. The second-order valence-corrected chi connectivity index (χ2v) is 6.07. The number of aromatic nitrogens is 1. The number of nitrogens with zero attached hydrogens (tertiary/aromatic N) is 1. The van der Waals surface area contributed by atoms with E-state index >= 15 is 0 Å². The third kappa shape index (κ3) is 4.73. The first-order valence-corrected chi connectivity index (χ1v) is 7.64. The molecule has 2 heterocycles. The first-order valence-electron chi connectivity index (χ1n) is 6.45. The lowest BCUT2D eigenvalue weighted by Gasteiger charge is -2.08. The largest absolute Gasteiger partial charge is 0.384 e. The van der Waals surface area contributed by atoms with Gasteiger partial charge in [0.1, 0.15) is 0 Å². The first kappa shape index (κ1) is 14.2. The second-order valence-electron chi connectivity index (χ2n) is 4.27. The van der Waals surface area contributed by atoms with E-state index < -0.39 is 0 Å². The van der Waals surface area contributed by atoms with Gasteiger partial charge in [0.2, 0.25) is 0 Å². The van der Waals surface area contributed by atoms with Crippen LogP contribution >= 0.6 is 22.9 Å². The lowest BCUT2D eigenvalue weighted by atomic mass is 10.3. The highest BCUT2D eigenvalue weighted by Crippen LogP contribution is 2.22. The minimum Gasteiger partial charge on any atom is -0.384 e. The fraction of sp³-hybridized carbons (Fsp3) is 0.357. The molecule has 5 heteroatoms. The Labute approximate surface area is 123 Å². The molecule has 0 aliphatic heterocycles. The molecule has 102 valence electrons. The van der Waals surface area contributed by atoms with Gasteiger partial charge in [0.15, 0.2) is 0 Å². The van der Waals surface area contributed by atoms with Crippen molar-refractivity contribution in [2.24, 2.45) is 0 Å². The Hall–Kier alpha value is -1.26. The first-order chi connectivity index (χ1) is 9.28. The van der Waals surface area contributed by atoms with E-state index in [1.165, 1.54) is 4.88 Å². The van der Waals surface area contributed by atoms with Gasteiger partial charge in [-0.05, 0) is 31.0 Å². The van der Waals surface area contributed by atoms with Crippen molar-refractivity contribution < 1.29 is 0 Å². The van der Waals surface area contributed by atoms with Crippen molar-refractivity contribution in [2.45, 2.75) is 19.8 Å². The van der Waals surface area contributed by atoms with Crippen molar-refractivity contribution in [1.82, 2.24) is 4.98 Å². The minimum atomic E-state index is 0.849. The SMILES string of the molecule is CCCNc1cncc(NCCc2ccc(Cl)s2)c1. The Bertz CT molecular complexity index is 513. The van der Waals surface area contributed by atoms with Crippen LogP contribution in [0.5, 0.6) is 0 Å². The Balaban J connectivity index is 1.82. The van der Waals surface area contributed by atoms with Gasteiger partial charge in [-0.15, -0.1) is 11.3 Å². The van der Waals surface area contributed by atoms with Crippen molar-refractivity contribution in [1.29, 1.82) is 0 Å². The number of hydrogen-bond donors (Lipinski definition) is 2. The predicted octanol–water partition coefficient (Wildman–Crippen LogP) is 4.27. The van der Waals surface area contributed by atoms with Crippen molar-refractivity contribution in [3.8, 4) is 0 Å². The predicted molar refractivity (Wildman–Crippen MR) is 84.5 cm³/mol. The van der Waals surface area contributed by atoms with Crippen molar-refractivity contribution >= 4 is 34.3 Å². The number of nitrogens with one attached hydrogen (secondary N) is 2. The van der Waals surface area contributed by atoms with Gasteiger partial charge >= 0.3 is 0 Å². The fourth-order valence-electron chi connectivity index (χ4n) is 1.72. The van der Waals surface area contributed by atoms with E-state index in [1.807, 2.05) is 18.5 Å². The number of anilines is 2. The van der Waals surface area contributed by atoms with Crippen molar-refractivity contribution in [3.63, 3.8) is 0 Å². The number of thiophene rings is 1. The molecule has 2 N–H and O–H groups in total. The Kier molecular flexibility index (Phi) is 5.48. The topological polar surface area (TPSA) is 37.0 Å². The molecule has 0 fully saturated rings. The van der Waals surface area contributed by atoms with E-state index in [-0.39, 0.29) is 0 Å². The average Bonchev–Trinajstić information content (AvgIpc) is 2.83. The molecule has 0 aliphatic rings. The van der Waals surface area contributed by atoms with Crippen LogP contribution in [0.4, 0.5) is 11.4 Å².